The SMILES string of the molecule is Cc1nc(CNC(=O)OC2CCc3c(sc(NC(=O)C=Cc4ccsc4)c3C#N)C2)cs1. The van der Waals surface area contributed by atoms with Crippen molar-refractivity contribution in [3.8, 4) is 6.07 Å². The summed E-state index contributed by atoms with van der Waals surface area (Å²) in [6.45, 7) is 2.24. The first kappa shape index (κ1) is 22.2. The molecule has 3 heterocycles. The number of nitriles is 1. The summed E-state index contributed by atoms with van der Waals surface area (Å²) in [5.41, 5.74) is 3.21. The highest BCUT2D eigenvalue weighted by Gasteiger charge is 2.28. The van der Waals surface area contributed by atoms with Crippen LogP contribution in [0, 0.1) is 18.3 Å². The molecule has 10 heteroatoms. The minimum atomic E-state index is -0.478. The van der Waals surface area contributed by atoms with Crippen LogP contribution in [0.1, 0.15) is 38.7 Å². The number of thiazole rings is 1. The third-order valence-corrected chi connectivity index (χ3v) is 7.59. The van der Waals surface area contributed by atoms with Gasteiger partial charge in [-0.25, -0.2) is 9.78 Å². The molecule has 7 nitrogen and oxygen atoms in total. The lowest BCUT2D eigenvalue weighted by atomic mass is 9.94. The zero-order valence-electron chi connectivity index (χ0n) is 17.2. The van der Waals surface area contributed by atoms with Crippen molar-refractivity contribution in [1.82, 2.24) is 10.3 Å². The molecule has 0 fully saturated rings. The predicted molar refractivity (Wildman–Crippen MR) is 127 cm³/mol. The van der Waals surface area contributed by atoms with E-state index in [2.05, 4.69) is 21.7 Å². The van der Waals surface area contributed by atoms with Gasteiger partial charge in [0, 0.05) is 22.8 Å². The maximum atomic E-state index is 12.3. The van der Waals surface area contributed by atoms with Crippen LogP contribution < -0.4 is 10.6 Å². The van der Waals surface area contributed by atoms with E-state index < -0.39 is 6.09 Å². The molecule has 1 aliphatic rings. The van der Waals surface area contributed by atoms with Crippen molar-refractivity contribution in [1.29, 1.82) is 5.26 Å². The number of hydrogen-bond donors (Lipinski definition) is 2. The lowest BCUT2D eigenvalue weighted by Gasteiger charge is -2.22. The van der Waals surface area contributed by atoms with Gasteiger partial charge in [0.05, 0.1) is 22.8 Å². The first-order valence-electron chi connectivity index (χ1n) is 9.93. The van der Waals surface area contributed by atoms with E-state index in [1.165, 1.54) is 28.7 Å². The molecular formula is C22H20N4O3S3. The number of aromatic nitrogens is 1. The van der Waals surface area contributed by atoms with Gasteiger partial charge in [-0.1, -0.05) is 0 Å². The van der Waals surface area contributed by atoms with Crippen LogP contribution in [0.5, 0.6) is 0 Å². The van der Waals surface area contributed by atoms with Crippen LogP contribution in [-0.2, 0) is 28.9 Å². The Labute approximate surface area is 197 Å². The van der Waals surface area contributed by atoms with Crippen molar-refractivity contribution in [3.63, 3.8) is 0 Å². The third-order valence-electron chi connectivity index (χ3n) is 4.89. The molecule has 0 aromatic carbocycles. The molecule has 1 aliphatic carbocycles. The number of amides is 2. The van der Waals surface area contributed by atoms with Crippen LogP contribution in [0.3, 0.4) is 0 Å². The Kier molecular flexibility index (Phi) is 6.99. The topological polar surface area (TPSA) is 104 Å². The van der Waals surface area contributed by atoms with Gasteiger partial charge < -0.3 is 15.4 Å². The molecule has 0 spiro atoms. The van der Waals surface area contributed by atoms with Crippen molar-refractivity contribution in [2.45, 2.75) is 38.8 Å². The number of anilines is 1. The number of fused-ring (bicyclic) bond motifs is 1. The number of nitrogens with zero attached hydrogens (tertiary/aromatic N) is 2. The van der Waals surface area contributed by atoms with Gasteiger partial charge in [-0.3, -0.25) is 4.79 Å². The molecule has 1 unspecified atom stereocenters. The monoisotopic (exact) mass is 484 g/mol. The zero-order chi connectivity index (χ0) is 22.5. The number of thiophene rings is 2. The number of alkyl carbamates (subject to hydrolysis) is 1. The average molecular weight is 485 g/mol. The number of carbonyl (C=O) groups is 2. The van der Waals surface area contributed by atoms with Gasteiger partial charge in [0.1, 0.15) is 17.2 Å². The standard InChI is InChI=1S/C22H20N4O3S3/c1-13-25-15(12-31-13)10-24-22(28)29-16-3-4-17-18(9-23)21(32-19(17)8-16)26-20(27)5-2-14-6-7-30-11-14/h2,5-7,11-12,16H,3-4,8,10H2,1H3,(H,24,28)(H,26,27). The molecule has 164 valence electrons. The smallest absolute Gasteiger partial charge is 0.407 e. The van der Waals surface area contributed by atoms with Crippen molar-refractivity contribution in [2.75, 3.05) is 5.32 Å². The number of aryl methyl sites for hydroxylation is 1. The first-order chi connectivity index (χ1) is 15.5. The van der Waals surface area contributed by atoms with Gasteiger partial charge >= 0.3 is 6.09 Å². The molecule has 2 amide bonds. The minimum Gasteiger partial charge on any atom is -0.446 e. The van der Waals surface area contributed by atoms with Crippen LogP contribution in [-0.4, -0.2) is 23.1 Å². The summed E-state index contributed by atoms with van der Waals surface area (Å²) < 4.78 is 5.57. The predicted octanol–water partition coefficient (Wildman–Crippen LogP) is 4.88. The fourth-order valence-corrected chi connectivity index (χ4v) is 5.91. The Hall–Kier alpha value is -3.00. The van der Waals surface area contributed by atoms with E-state index in [1.807, 2.05) is 29.1 Å². The van der Waals surface area contributed by atoms with Gasteiger partial charge in [-0.2, -0.15) is 16.6 Å². The molecule has 2 N–H and O–H groups in total. The zero-order valence-corrected chi connectivity index (χ0v) is 19.7. The fraction of sp³-hybridized carbons (Fsp3) is 0.273. The Bertz CT molecular complexity index is 1190. The number of carbonyl (C=O) groups excluding carboxylic acids is 2. The second-order valence-corrected chi connectivity index (χ2v) is 10.1. The molecule has 3 aromatic rings. The van der Waals surface area contributed by atoms with Crippen LogP contribution in [0.4, 0.5) is 9.80 Å². The maximum absolute atomic E-state index is 12.3. The summed E-state index contributed by atoms with van der Waals surface area (Å²) in [6, 6.07) is 4.15. The molecule has 3 aromatic heterocycles. The number of hydrogen-bond acceptors (Lipinski definition) is 8. The quantitative estimate of drug-likeness (QED) is 0.485. The second kappa shape index (κ2) is 10.1. The van der Waals surface area contributed by atoms with Gasteiger partial charge in [0.25, 0.3) is 0 Å². The largest absolute Gasteiger partial charge is 0.446 e. The highest BCUT2D eigenvalue weighted by Crippen LogP contribution is 2.38. The summed E-state index contributed by atoms with van der Waals surface area (Å²) in [6.07, 6.45) is 4.23. The van der Waals surface area contributed by atoms with Gasteiger partial charge in [-0.05, 0) is 53.8 Å². The first-order valence-corrected chi connectivity index (χ1v) is 12.6. The van der Waals surface area contributed by atoms with Crippen molar-refractivity contribution in [2.24, 2.45) is 0 Å². The van der Waals surface area contributed by atoms with E-state index in [-0.39, 0.29) is 12.0 Å². The van der Waals surface area contributed by atoms with Crippen LogP contribution in [0.15, 0.2) is 28.3 Å². The molecule has 0 saturated heterocycles. The summed E-state index contributed by atoms with van der Waals surface area (Å²) in [5, 5.41) is 22.5. The summed E-state index contributed by atoms with van der Waals surface area (Å²) in [7, 11) is 0. The van der Waals surface area contributed by atoms with Gasteiger partial charge in [0.2, 0.25) is 5.91 Å². The minimum absolute atomic E-state index is 0.271. The molecular weight excluding hydrogens is 464 g/mol. The molecule has 1 atom stereocenters. The van der Waals surface area contributed by atoms with E-state index in [0.717, 1.165) is 26.7 Å². The fourth-order valence-electron chi connectivity index (χ4n) is 3.40. The maximum Gasteiger partial charge on any atom is 0.407 e. The highest BCUT2D eigenvalue weighted by atomic mass is 32.1. The number of nitrogens with one attached hydrogen (secondary N) is 2. The van der Waals surface area contributed by atoms with E-state index in [9.17, 15) is 14.9 Å². The van der Waals surface area contributed by atoms with Gasteiger partial charge in [-0.15, -0.1) is 22.7 Å². The lowest BCUT2D eigenvalue weighted by Crippen LogP contribution is -2.31. The Morgan fingerprint density at radius 3 is 3.00 bits per heavy atom. The average Bonchev–Trinajstić information content (AvgIpc) is 3.50. The van der Waals surface area contributed by atoms with E-state index in [1.54, 1.807) is 17.4 Å². The molecule has 0 saturated carbocycles. The molecule has 32 heavy (non-hydrogen) atoms. The Morgan fingerprint density at radius 2 is 2.28 bits per heavy atom. The Balaban J connectivity index is 1.35. The van der Waals surface area contributed by atoms with Crippen LogP contribution in [0.25, 0.3) is 6.08 Å². The summed E-state index contributed by atoms with van der Waals surface area (Å²) >= 11 is 4.47. The normalized spacial score (nSPS) is 15.2. The number of ether oxygens (including phenoxy) is 1. The second-order valence-electron chi connectivity index (χ2n) is 7.18. The van der Waals surface area contributed by atoms with E-state index >= 15 is 0 Å². The number of rotatable bonds is 6. The molecule has 0 aliphatic heterocycles. The third kappa shape index (κ3) is 5.43. The van der Waals surface area contributed by atoms with Crippen LogP contribution in [0.2, 0.25) is 0 Å². The highest BCUT2D eigenvalue weighted by molar-refractivity contribution is 7.16. The van der Waals surface area contributed by atoms with Gasteiger partial charge in [0.15, 0.2) is 0 Å². The lowest BCUT2D eigenvalue weighted by molar-refractivity contribution is -0.111. The Morgan fingerprint density at radius 1 is 1.41 bits per heavy atom. The molecule has 4 rings (SSSR count). The summed E-state index contributed by atoms with van der Waals surface area (Å²) in [4.78, 5) is 29.8. The van der Waals surface area contributed by atoms with Crippen LogP contribution >= 0.6 is 34.0 Å². The van der Waals surface area contributed by atoms with E-state index in [0.29, 0.717) is 36.4 Å². The van der Waals surface area contributed by atoms with Crippen molar-refractivity contribution in [3.05, 3.63) is 60.6 Å². The summed E-state index contributed by atoms with van der Waals surface area (Å²) in [5.74, 6) is -0.282. The molecule has 0 radical (unpaired) electrons. The van der Waals surface area contributed by atoms with Crippen molar-refractivity contribution < 1.29 is 14.3 Å². The van der Waals surface area contributed by atoms with E-state index in [4.69, 9.17) is 4.74 Å². The molecule has 0 bridgehead atoms. The van der Waals surface area contributed by atoms with Crippen molar-refractivity contribution >= 4 is 57.1 Å².